The molecule has 246 valence electrons. The summed E-state index contributed by atoms with van der Waals surface area (Å²) in [7, 11) is 1.71. The van der Waals surface area contributed by atoms with E-state index >= 15 is 0 Å². The molecule has 44 heavy (non-hydrogen) atoms. The lowest BCUT2D eigenvalue weighted by atomic mass is 9.94. The highest BCUT2D eigenvalue weighted by molar-refractivity contribution is 6.11. The van der Waals surface area contributed by atoms with Crippen molar-refractivity contribution in [3.8, 4) is 0 Å². The summed E-state index contributed by atoms with van der Waals surface area (Å²) in [6.45, 7) is 17.6. The fourth-order valence-electron chi connectivity index (χ4n) is 4.38. The first-order chi connectivity index (χ1) is 20.8. The van der Waals surface area contributed by atoms with Crippen LogP contribution in [0.2, 0.25) is 0 Å². The number of carbonyl (C=O) groups is 1. The molecule has 2 aromatic rings. The van der Waals surface area contributed by atoms with Gasteiger partial charge in [0.15, 0.2) is 0 Å². The molecular weight excluding hydrogens is 561 g/mol. The van der Waals surface area contributed by atoms with Crippen LogP contribution >= 0.6 is 0 Å². The summed E-state index contributed by atoms with van der Waals surface area (Å²) in [5, 5.41) is 5.80. The number of pyridine rings is 1. The van der Waals surface area contributed by atoms with Crippen molar-refractivity contribution in [1.29, 1.82) is 0 Å². The van der Waals surface area contributed by atoms with Crippen molar-refractivity contribution in [1.82, 2.24) is 10.3 Å². The molecule has 1 aromatic heterocycles. The van der Waals surface area contributed by atoms with Crippen LogP contribution in [0.1, 0.15) is 114 Å². The molecule has 2 N–H and O–H groups in total. The van der Waals surface area contributed by atoms with Crippen LogP contribution in [0.5, 0.6) is 0 Å². The van der Waals surface area contributed by atoms with Crippen molar-refractivity contribution < 1.29 is 18.0 Å². The molecule has 0 bridgehead atoms. The van der Waals surface area contributed by atoms with Gasteiger partial charge in [-0.25, -0.2) is 13.2 Å². The van der Waals surface area contributed by atoms with E-state index in [1.165, 1.54) is 13.0 Å². The predicted octanol–water partition coefficient (Wildman–Crippen LogP) is 9.83. The van der Waals surface area contributed by atoms with Crippen LogP contribution in [0.4, 0.5) is 18.9 Å². The average Bonchev–Trinajstić information content (AvgIpc) is 3.80. The Morgan fingerprint density at radius 2 is 1.73 bits per heavy atom. The molecule has 1 aliphatic rings. The summed E-state index contributed by atoms with van der Waals surface area (Å²) in [4.78, 5) is 20.4. The zero-order chi connectivity index (χ0) is 33.4. The van der Waals surface area contributed by atoms with Gasteiger partial charge in [-0.1, -0.05) is 61.0 Å². The van der Waals surface area contributed by atoms with Crippen molar-refractivity contribution in [3.63, 3.8) is 0 Å². The number of amides is 1. The van der Waals surface area contributed by atoms with E-state index in [2.05, 4.69) is 54.4 Å². The molecule has 0 aliphatic heterocycles. The third-order valence-corrected chi connectivity index (χ3v) is 7.39. The lowest BCUT2D eigenvalue weighted by Crippen LogP contribution is -2.39. The number of carbonyl (C=O) groups excluding carboxylic acids is 1. The number of nitrogens with zero attached hydrogens (tertiary/aromatic N) is 2. The number of aromatic nitrogens is 1. The molecule has 1 aliphatic carbocycles. The molecule has 5 nitrogen and oxygen atoms in total. The van der Waals surface area contributed by atoms with Crippen molar-refractivity contribution >= 4 is 23.4 Å². The first kappa shape index (κ1) is 38.9. The number of hydrogen-bond acceptors (Lipinski definition) is 4. The minimum absolute atomic E-state index is 0.108. The number of anilines is 1. The quantitative estimate of drug-likeness (QED) is 0.220. The number of aliphatic imine (C=N–C) groups is 1. The maximum atomic E-state index is 14.2. The van der Waals surface area contributed by atoms with E-state index in [0.29, 0.717) is 23.9 Å². The molecule has 1 aromatic carbocycles. The molecular formula is C36H55F3N4O. The second-order valence-electron chi connectivity index (χ2n) is 11.8. The topological polar surface area (TPSA) is 66.4 Å². The lowest BCUT2D eigenvalue weighted by molar-refractivity contribution is -0.0254. The van der Waals surface area contributed by atoms with Crippen molar-refractivity contribution in [3.05, 3.63) is 64.7 Å². The van der Waals surface area contributed by atoms with E-state index < -0.39 is 17.8 Å². The van der Waals surface area contributed by atoms with Gasteiger partial charge < -0.3 is 10.6 Å². The van der Waals surface area contributed by atoms with Crippen LogP contribution in [0.25, 0.3) is 5.57 Å². The third-order valence-electron chi connectivity index (χ3n) is 7.39. The number of allylic oxidation sites excluding steroid dienone is 2. The Balaban J connectivity index is 0.000000424. The third kappa shape index (κ3) is 13.2. The van der Waals surface area contributed by atoms with Gasteiger partial charge in [0.05, 0.1) is 17.3 Å². The van der Waals surface area contributed by atoms with Gasteiger partial charge in [-0.3, -0.25) is 14.8 Å². The molecule has 2 unspecified atom stereocenters. The Labute approximate surface area is 264 Å². The molecule has 0 spiro atoms. The normalized spacial score (nSPS) is 14.7. The predicted molar refractivity (Wildman–Crippen MR) is 181 cm³/mol. The molecule has 1 amide bonds. The summed E-state index contributed by atoms with van der Waals surface area (Å²) in [6, 6.07) is 4.31. The van der Waals surface area contributed by atoms with Crippen LogP contribution in [-0.2, 0) is 0 Å². The van der Waals surface area contributed by atoms with E-state index in [9.17, 15) is 18.0 Å². The summed E-state index contributed by atoms with van der Waals surface area (Å²) in [5.41, 5.74) is 4.34. The molecule has 2 atom stereocenters. The standard InChI is InChI=1S/C19H25FN2O.C15H24F2N2.C2H6/c1-5-12(2)8-14(11-21-4)16-10-17(18(20)9-13(16)3)19(23)22-15-6-7-15;1-5-15(16,17)14(7-6-11(2)3)19-13-8-12(4)9-18-10-13;1-2/h8-12,15H,5-7H2,1-4H3,(H,22,23);8-11,14,19H,5-7H2,1-4H3;1-2H3/b14-8+,21-11?;;. The molecule has 1 heterocycles. The van der Waals surface area contributed by atoms with Gasteiger partial charge in [0.25, 0.3) is 11.8 Å². The number of rotatable bonds is 13. The zero-order valence-electron chi connectivity index (χ0n) is 28.5. The highest BCUT2D eigenvalue weighted by Gasteiger charge is 2.37. The fraction of sp³-hybridized carbons (Fsp3) is 0.583. The molecule has 3 rings (SSSR count). The smallest absolute Gasteiger partial charge is 0.267 e. The van der Waals surface area contributed by atoms with Gasteiger partial charge in [0.1, 0.15) is 5.82 Å². The molecule has 0 saturated heterocycles. The zero-order valence-corrected chi connectivity index (χ0v) is 28.5. The maximum Gasteiger partial charge on any atom is 0.267 e. The van der Waals surface area contributed by atoms with Crippen LogP contribution in [0, 0.1) is 31.5 Å². The first-order valence-corrected chi connectivity index (χ1v) is 16.1. The summed E-state index contributed by atoms with van der Waals surface area (Å²) >= 11 is 0. The van der Waals surface area contributed by atoms with Crippen molar-refractivity contribution in [2.75, 3.05) is 12.4 Å². The fourth-order valence-corrected chi connectivity index (χ4v) is 4.38. The SMILES string of the molecule is CC.CCC(C)/C=C(\C=NC)c1cc(C(=O)NC2CC2)c(F)cc1C.CCC(F)(F)C(CCC(C)C)Nc1cncc(C)c1. The van der Waals surface area contributed by atoms with Gasteiger partial charge in [-0.2, -0.15) is 0 Å². The number of benzene rings is 1. The molecule has 8 heteroatoms. The van der Waals surface area contributed by atoms with Crippen molar-refractivity contribution in [2.45, 2.75) is 119 Å². The van der Waals surface area contributed by atoms with E-state index in [4.69, 9.17) is 0 Å². The van der Waals surface area contributed by atoms with E-state index in [1.54, 1.807) is 31.7 Å². The average molecular weight is 617 g/mol. The maximum absolute atomic E-state index is 14.2. The summed E-state index contributed by atoms with van der Waals surface area (Å²) < 4.78 is 42.2. The number of halogens is 3. The molecule has 1 saturated carbocycles. The van der Waals surface area contributed by atoms with Crippen molar-refractivity contribution in [2.24, 2.45) is 16.8 Å². The van der Waals surface area contributed by atoms with Crippen LogP contribution in [-0.4, -0.2) is 42.2 Å². The molecule has 1 fully saturated rings. The summed E-state index contributed by atoms with van der Waals surface area (Å²) in [6.07, 6.45) is 11.3. The second kappa shape index (κ2) is 19.3. The number of alkyl halides is 2. The first-order valence-electron chi connectivity index (χ1n) is 16.1. The van der Waals surface area contributed by atoms with Gasteiger partial charge in [0.2, 0.25) is 0 Å². The van der Waals surface area contributed by atoms with E-state index in [0.717, 1.165) is 47.9 Å². The minimum atomic E-state index is -2.70. The number of nitrogens with one attached hydrogen (secondary N) is 2. The monoisotopic (exact) mass is 616 g/mol. The van der Waals surface area contributed by atoms with Crippen LogP contribution in [0.3, 0.4) is 0 Å². The second-order valence-corrected chi connectivity index (χ2v) is 11.8. The largest absolute Gasteiger partial charge is 0.375 e. The van der Waals surface area contributed by atoms with Gasteiger partial charge in [0, 0.05) is 38.1 Å². The summed E-state index contributed by atoms with van der Waals surface area (Å²) in [5.74, 6) is -2.69. The Morgan fingerprint density at radius 1 is 1.07 bits per heavy atom. The van der Waals surface area contributed by atoms with Crippen LogP contribution < -0.4 is 10.6 Å². The highest BCUT2D eigenvalue weighted by Crippen LogP contribution is 2.30. The van der Waals surface area contributed by atoms with Gasteiger partial charge >= 0.3 is 0 Å². The van der Waals surface area contributed by atoms with Gasteiger partial charge in [-0.15, -0.1) is 0 Å². The van der Waals surface area contributed by atoms with E-state index in [1.807, 2.05) is 33.8 Å². The Hall–Kier alpha value is -3.16. The number of hydrogen-bond donors (Lipinski definition) is 2. The van der Waals surface area contributed by atoms with E-state index in [-0.39, 0.29) is 23.9 Å². The van der Waals surface area contributed by atoms with Crippen LogP contribution in [0.15, 0.2) is 41.7 Å². The Morgan fingerprint density at radius 3 is 2.25 bits per heavy atom. The Kier molecular flexibility index (Phi) is 17.0. The molecule has 0 radical (unpaired) electrons. The lowest BCUT2D eigenvalue weighted by Gasteiger charge is -2.28. The number of aryl methyl sites for hydroxylation is 2. The van der Waals surface area contributed by atoms with Gasteiger partial charge in [-0.05, 0) is 91.8 Å². The minimum Gasteiger partial charge on any atom is -0.375 e. The highest BCUT2D eigenvalue weighted by atomic mass is 19.3. The Bertz CT molecular complexity index is 1220.